The van der Waals surface area contributed by atoms with Gasteiger partial charge in [-0.3, -0.25) is 0 Å². The summed E-state index contributed by atoms with van der Waals surface area (Å²) in [6.07, 6.45) is 0.969. The van der Waals surface area contributed by atoms with Gasteiger partial charge in [0.15, 0.2) is 0 Å². The molecule has 0 fully saturated rings. The highest BCUT2D eigenvalue weighted by atomic mass is 35.5. The van der Waals surface area contributed by atoms with E-state index in [4.69, 9.17) is 16.3 Å². The van der Waals surface area contributed by atoms with Gasteiger partial charge in [-0.2, -0.15) is 0 Å². The monoisotopic (exact) mass is 296 g/mol. The molecule has 1 nitrogen and oxygen atoms in total. The van der Waals surface area contributed by atoms with Gasteiger partial charge in [0, 0.05) is 5.02 Å². The summed E-state index contributed by atoms with van der Waals surface area (Å²) < 4.78 is 5.27. The molecule has 2 heteroatoms. The van der Waals surface area contributed by atoms with Crippen molar-refractivity contribution >= 4 is 22.4 Å². The first kappa shape index (κ1) is 14.0. The molecule has 0 atom stereocenters. The Bertz CT molecular complexity index is 793. The summed E-state index contributed by atoms with van der Waals surface area (Å²) in [5.41, 5.74) is 3.75. The summed E-state index contributed by atoms with van der Waals surface area (Å²) in [6.45, 7) is 2.15. The van der Waals surface area contributed by atoms with Gasteiger partial charge in [0.25, 0.3) is 0 Å². The molecule has 0 saturated heterocycles. The molecule has 0 unspecified atom stereocenters. The van der Waals surface area contributed by atoms with Crippen molar-refractivity contribution in [1.82, 2.24) is 0 Å². The van der Waals surface area contributed by atoms with Gasteiger partial charge < -0.3 is 4.74 Å². The molecule has 0 bridgehead atoms. The van der Waals surface area contributed by atoms with Crippen LogP contribution in [0.2, 0.25) is 5.02 Å². The molecule has 0 radical (unpaired) electrons. The van der Waals surface area contributed by atoms with Crippen LogP contribution < -0.4 is 4.74 Å². The van der Waals surface area contributed by atoms with Crippen LogP contribution in [-0.2, 0) is 6.42 Å². The van der Waals surface area contributed by atoms with E-state index in [-0.39, 0.29) is 0 Å². The number of fused-ring (bicyclic) bond motifs is 1. The number of ether oxygens (including phenoxy) is 1. The first-order valence-electron chi connectivity index (χ1n) is 7.08. The minimum Gasteiger partial charge on any atom is -0.497 e. The van der Waals surface area contributed by atoms with Crippen LogP contribution in [0.5, 0.6) is 5.75 Å². The number of halogens is 1. The molecule has 21 heavy (non-hydrogen) atoms. The van der Waals surface area contributed by atoms with Gasteiger partial charge in [0.1, 0.15) is 5.75 Å². The minimum atomic E-state index is 0.793. The Balaban J connectivity index is 2.13. The van der Waals surface area contributed by atoms with Gasteiger partial charge in [0.2, 0.25) is 0 Å². The summed E-state index contributed by atoms with van der Waals surface area (Å²) >= 11 is 6.10. The number of benzene rings is 3. The lowest BCUT2D eigenvalue weighted by Crippen LogP contribution is -1.88. The molecular weight excluding hydrogens is 280 g/mol. The lowest BCUT2D eigenvalue weighted by Gasteiger charge is -2.10. The van der Waals surface area contributed by atoms with Crippen molar-refractivity contribution in [2.45, 2.75) is 13.3 Å². The number of aryl methyl sites for hydroxylation is 1. The van der Waals surface area contributed by atoms with Crippen molar-refractivity contribution in [1.29, 1.82) is 0 Å². The predicted molar refractivity (Wildman–Crippen MR) is 90.3 cm³/mol. The van der Waals surface area contributed by atoms with Gasteiger partial charge in [-0.1, -0.05) is 42.8 Å². The zero-order chi connectivity index (χ0) is 14.8. The molecule has 0 aliphatic rings. The van der Waals surface area contributed by atoms with Gasteiger partial charge in [0.05, 0.1) is 7.11 Å². The molecule has 0 saturated carbocycles. The van der Waals surface area contributed by atoms with Crippen LogP contribution in [0.4, 0.5) is 0 Å². The predicted octanol–water partition coefficient (Wildman–Crippen LogP) is 5.73. The summed E-state index contributed by atoms with van der Waals surface area (Å²) in [5, 5.41) is 3.19. The summed E-state index contributed by atoms with van der Waals surface area (Å²) in [6, 6.07) is 18.8. The maximum absolute atomic E-state index is 6.10. The summed E-state index contributed by atoms with van der Waals surface area (Å²) in [7, 11) is 1.69. The lowest BCUT2D eigenvalue weighted by molar-refractivity contribution is 0.415. The smallest absolute Gasteiger partial charge is 0.119 e. The van der Waals surface area contributed by atoms with Crippen molar-refractivity contribution in [2.24, 2.45) is 0 Å². The third kappa shape index (κ3) is 2.74. The van der Waals surface area contributed by atoms with E-state index in [9.17, 15) is 0 Å². The second-order valence-corrected chi connectivity index (χ2v) is 5.52. The Morgan fingerprint density at radius 1 is 0.905 bits per heavy atom. The Morgan fingerprint density at radius 3 is 2.43 bits per heavy atom. The van der Waals surface area contributed by atoms with E-state index in [1.54, 1.807) is 7.11 Å². The SMILES string of the molecule is CCc1cc(Cl)ccc1-c1ccc2cc(OC)ccc2c1. The highest BCUT2D eigenvalue weighted by molar-refractivity contribution is 6.30. The van der Waals surface area contributed by atoms with Gasteiger partial charge in [-0.25, -0.2) is 0 Å². The van der Waals surface area contributed by atoms with Crippen LogP contribution >= 0.6 is 11.6 Å². The van der Waals surface area contributed by atoms with Gasteiger partial charge in [-0.15, -0.1) is 0 Å². The van der Waals surface area contributed by atoms with Crippen LogP contribution in [0, 0.1) is 0 Å². The maximum Gasteiger partial charge on any atom is 0.119 e. The average Bonchev–Trinajstić information content (AvgIpc) is 2.53. The van der Waals surface area contributed by atoms with E-state index in [0.717, 1.165) is 17.2 Å². The average molecular weight is 297 g/mol. The largest absolute Gasteiger partial charge is 0.497 e. The third-order valence-corrected chi connectivity index (χ3v) is 4.04. The molecule has 106 valence electrons. The number of hydrogen-bond acceptors (Lipinski definition) is 1. The highest BCUT2D eigenvalue weighted by Crippen LogP contribution is 2.30. The Kier molecular flexibility index (Phi) is 3.85. The van der Waals surface area contributed by atoms with Crippen molar-refractivity contribution in [3.63, 3.8) is 0 Å². The van der Waals surface area contributed by atoms with E-state index < -0.39 is 0 Å². The highest BCUT2D eigenvalue weighted by Gasteiger charge is 2.06. The number of hydrogen-bond donors (Lipinski definition) is 0. The van der Waals surface area contributed by atoms with Crippen LogP contribution in [0.25, 0.3) is 21.9 Å². The topological polar surface area (TPSA) is 9.23 Å². The van der Waals surface area contributed by atoms with Gasteiger partial charge >= 0.3 is 0 Å². The fourth-order valence-corrected chi connectivity index (χ4v) is 2.85. The number of rotatable bonds is 3. The molecule has 0 spiro atoms. The molecule has 0 aliphatic carbocycles. The van der Waals surface area contributed by atoms with Crippen LogP contribution in [0.1, 0.15) is 12.5 Å². The summed E-state index contributed by atoms with van der Waals surface area (Å²) in [4.78, 5) is 0. The molecule has 0 heterocycles. The molecule has 0 amide bonds. The zero-order valence-corrected chi connectivity index (χ0v) is 12.9. The van der Waals surface area contributed by atoms with E-state index in [1.807, 2.05) is 12.1 Å². The third-order valence-electron chi connectivity index (χ3n) is 3.81. The fraction of sp³-hybridized carbons (Fsp3) is 0.158. The number of methoxy groups -OCH3 is 1. The molecule has 3 rings (SSSR count). The molecule has 0 N–H and O–H groups in total. The maximum atomic E-state index is 6.10. The lowest BCUT2D eigenvalue weighted by atomic mass is 9.96. The van der Waals surface area contributed by atoms with E-state index >= 15 is 0 Å². The Labute approximate surface area is 130 Å². The van der Waals surface area contributed by atoms with Crippen molar-refractivity contribution in [3.8, 4) is 16.9 Å². The first-order valence-corrected chi connectivity index (χ1v) is 7.45. The molecule has 0 aromatic heterocycles. The van der Waals surface area contributed by atoms with Crippen LogP contribution in [0.3, 0.4) is 0 Å². The molecule has 0 aliphatic heterocycles. The van der Waals surface area contributed by atoms with Crippen molar-refractivity contribution in [2.75, 3.05) is 7.11 Å². The second kappa shape index (κ2) is 5.79. The second-order valence-electron chi connectivity index (χ2n) is 5.08. The molecular formula is C19H17ClO. The van der Waals surface area contributed by atoms with E-state index in [2.05, 4.69) is 49.4 Å². The Morgan fingerprint density at radius 2 is 1.67 bits per heavy atom. The molecule has 3 aromatic carbocycles. The Hall–Kier alpha value is -1.99. The first-order chi connectivity index (χ1) is 10.2. The molecule has 3 aromatic rings. The van der Waals surface area contributed by atoms with E-state index in [1.165, 1.54) is 27.5 Å². The van der Waals surface area contributed by atoms with Crippen LogP contribution in [0.15, 0.2) is 54.6 Å². The van der Waals surface area contributed by atoms with E-state index in [0.29, 0.717) is 0 Å². The quantitative estimate of drug-likeness (QED) is 0.599. The fourth-order valence-electron chi connectivity index (χ4n) is 2.65. The van der Waals surface area contributed by atoms with Gasteiger partial charge in [-0.05, 0) is 64.2 Å². The standard InChI is InChI=1S/C19H17ClO/c1-3-13-11-17(20)7-9-19(13)16-5-4-15-12-18(21-2)8-6-14(15)10-16/h4-12H,3H2,1-2H3. The van der Waals surface area contributed by atoms with Crippen molar-refractivity contribution in [3.05, 3.63) is 65.2 Å². The summed E-state index contributed by atoms with van der Waals surface area (Å²) in [5.74, 6) is 0.885. The van der Waals surface area contributed by atoms with Crippen LogP contribution in [-0.4, -0.2) is 7.11 Å². The zero-order valence-electron chi connectivity index (χ0n) is 12.2. The normalized spacial score (nSPS) is 10.8. The van der Waals surface area contributed by atoms with Crippen molar-refractivity contribution < 1.29 is 4.74 Å². The minimum absolute atomic E-state index is 0.793.